The fourth-order valence-electron chi connectivity index (χ4n) is 1.81. The monoisotopic (exact) mass is 256 g/mol. The predicted molar refractivity (Wildman–Crippen MR) is 74.9 cm³/mol. The van der Waals surface area contributed by atoms with Crippen molar-refractivity contribution >= 4 is 17.3 Å². The Labute approximate surface area is 112 Å². The molecular weight excluding hydrogens is 240 g/mol. The molecule has 0 aliphatic rings. The van der Waals surface area contributed by atoms with Gasteiger partial charge in [-0.25, -0.2) is 4.98 Å². The van der Waals surface area contributed by atoms with Gasteiger partial charge in [-0.1, -0.05) is 13.0 Å². The van der Waals surface area contributed by atoms with Crippen LogP contribution in [0.15, 0.2) is 42.9 Å². The Morgan fingerprint density at radius 1 is 1.37 bits per heavy atom. The Morgan fingerprint density at radius 3 is 2.84 bits per heavy atom. The summed E-state index contributed by atoms with van der Waals surface area (Å²) in [5.74, 6) is -0.166. The van der Waals surface area contributed by atoms with Gasteiger partial charge in [-0.3, -0.25) is 9.78 Å². The quantitative estimate of drug-likeness (QED) is 0.850. The maximum Gasteiger partial charge on any atom is 0.278 e. The van der Waals surface area contributed by atoms with E-state index in [4.69, 9.17) is 5.73 Å². The smallest absolute Gasteiger partial charge is 0.278 e. The Morgan fingerprint density at radius 2 is 2.21 bits per heavy atom. The summed E-state index contributed by atoms with van der Waals surface area (Å²) in [4.78, 5) is 22.1. The number of anilines is 2. The number of nitrogen functional groups attached to an aromatic ring is 1. The summed E-state index contributed by atoms with van der Waals surface area (Å²) in [6.45, 7) is 2.63. The molecule has 5 nitrogen and oxygen atoms in total. The molecule has 1 amide bonds. The summed E-state index contributed by atoms with van der Waals surface area (Å²) in [6.07, 6.45) is 5.37. The maximum absolute atomic E-state index is 12.4. The number of carbonyl (C=O) groups excluding carboxylic acids is 1. The molecule has 0 bridgehead atoms. The van der Waals surface area contributed by atoms with E-state index in [2.05, 4.69) is 9.97 Å². The number of benzene rings is 1. The van der Waals surface area contributed by atoms with Crippen LogP contribution in [-0.4, -0.2) is 22.4 Å². The normalized spacial score (nSPS) is 10.2. The van der Waals surface area contributed by atoms with Gasteiger partial charge in [0.15, 0.2) is 0 Å². The molecule has 0 radical (unpaired) electrons. The zero-order chi connectivity index (χ0) is 13.7. The van der Waals surface area contributed by atoms with Crippen LogP contribution < -0.4 is 10.6 Å². The second-order valence-corrected chi connectivity index (χ2v) is 4.14. The van der Waals surface area contributed by atoms with Crippen molar-refractivity contribution < 1.29 is 4.79 Å². The maximum atomic E-state index is 12.4. The molecule has 2 rings (SSSR count). The van der Waals surface area contributed by atoms with E-state index < -0.39 is 0 Å². The minimum Gasteiger partial charge on any atom is -0.399 e. The van der Waals surface area contributed by atoms with Gasteiger partial charge in [0.1, 0.15) is 5.69 Å². The number of hydrogen-bond acceptors (Lipinski definition) is 4. The van der Waals surface area contributed by atoms with Crippen LogP contribution in [0.25, 0.3) is 0 Å². The molecule has 0 unspecified atom stereocenters. The standard InChI is InChI=1S/C14H16N4O/c1-2-8-18(12-5-3-4-11(15)9-12)14(19)13-10-16-6-7-17-13/h3-7,9-10H,2,8,15H2,1H3. The van der Waals surface area contributed by atoms with E-state index in [0.717, 1.165) is 12.1 Å². The lowest BCUT2D eigenvalue weighted by Crippen LogP contribution is -2.32. The van der Waals surface area contributed by atoms with Gasteiger partial charge in [-0.15, -0.1) is 0 Å². The van der Waals surface area contributed by atoms with E-state index in [1.807, 2.05) is 19.1 Å². The number of amides is 1. The third kappa shape index (κ3) is 3.07. The van der Waals surface area contributed by atoms with Crippen molar-refractivity contribution in [2.24, 2.45) is 0 Å². The molecule has 0 aliphatic heterocycles. The van der Waals surface area contributed by atoms with Crippen LogP contribution in [0.3, 0.4) is 0 Å². The first-order valence-electron chi connectivity index (χ1n) is 6.15. The minimum absolute atomic E-state index is 0.166. The lowest BCUT2D eigenvalue weighted by atomic mass is 10.2. The molecule has 0 fully saturated rings. The van der Waals surface area contributed by atoms with Crippen molar-refractivity contribution in [3.63, 3.8) is 0 Å². The van der Waals surface area contributed by atoms with Gasteiger partial charge in [0.2, 0.25) is 0 Å². The number of rotatable bonds is 4. The van der Waals surface area contributed by atoms with Gasteiger partial charge < -0.3 is 10.6 Å². The van der Waals surface area contributed by atoms with Gasteiger partial charge in [-0.05, 0) is 24.6 Å². The number of hydrogen-bond donors (Lipinski definition) is 1. The largest absolute Gasteiger partial charge is 0.399 e. The fraction of sp³-hybridized carbons (Fsp3) is 0.214. The van der Waals surface area contributed by atoms with Crippen molar-refractivity contribution in [2.45, 2.75) is 13.3 Å². The first-order chi connectivity index (χ1) is 9.22. The molecule has 2 N–H and O–H groups in total. The first-order valence-corrected chi connectivity index (χ1v) is 6.15. The summed E-state index contributed by atoms with van der Waals surface area (Å²) in [7, 11) is 0. The SMILES string of the molecule is CCCN(C(=O)c1cnccn1)c1cccc(N)c1. The summed E-state index contributed by atoms with van der Waals surface area (Å²) in [6, 6.07) is 7.27. The Hall–Kier alpha value is -2.43. The molecule has 0 atom stereocenters. The molecule has 1 aromatic carbocycles. The second-order valence-electron chi connectivity index (χ2n) is 4.14. The van der Waals surface area contributed by atoms with Crippen molar-refractivity contribution in [2.75, 3.05) is 17.2 Å². The Kier molecular flexibility index (Phi) is 4.07. The summed E-state index contributed by atoms with van der Waals surface area (Å²) in [5, 5.41) is 0. The minimum atomic E-state index is -0.166. The number of carbonyl (C=O) groups is 1. The third-order valence-corrected chi connectivity index (χ3v) is 2.66. The van der Waals surface area contributed by atoms with Crippen LogP contribution in [0, 0.1) is 0 Å². The lowest BCUT2D eigenvalue weighted by Gasteiger charge is -2.22. The topological polar surface area (TPSA) is 72.1 Å². The van der Waals surface area contributed by atoms with Gasteiger partial charge in [0.05, 0.1) is 6.20 Å². The number of nitrogens with zero attached hydrogens (tertiary/aromatic N) is 3. The summed E-state index contributed by atoms with van der Waals surface area (Å²) >= 11 is 0. The third-order valence-electron chi connectivity index (χ3n) is 2.66. The van der Waals surface area contributed by atoms with Gasteiger partial charge in [0.25, 0.3) is 5.91 Å². The van der Waals surface area contributed by atoms with Crippen LogP contribution in [0.4, 0.5) is 11.4 Å². The molecule has 0 saturated heterocycles. The molecule has 19 heavy (non-hydrogen) atoms. The zero-order valence-electron chi connectivity index (χ0n) is 10.8. The zero-order valence-corrected chi connectivity index (χ0v) is 10.8. The highest BCUT2D eigenvalue weighted by atomic mass is 16.2. The molecule has 0 aliphatic carbocycles. The van der Waals surface area contributed by atoms with E-state index in [1.54, 1.807) is 23.2 Å². The molecule has 2 aromatic rings. The average molecular weight is 256 g/mol. The number of aromatic nitrogens is 2. The second kappa shape index (κ2) is 5.95. The first kappa shape index (κ1) is 13.0. The van der Waals surface area contributed by atoms with Crippen molar-refractivity contribution in [3.05, 3.63) is 48.5 Å². The summed E-state index contributed by atoms with van der Waals surface area (Å²) in [5.41, 5.74) is 7.50. The lowest BCUT2D eigenvalue weighted by molar-refractivity contribution is 0.0982. The Balaban J connectivity index is 2.33. The van der Waals surface area contributed by atoms with Crippen LogP contribution in [0.2, 0.25) is 0 Å². The van der Waals surface area contributed by atoms with Crippen LogP contribution in [0.1, 0.15) is 23.8 Å². The van der Waals surface area contributed by atoms with E-state index in [9.17, 15) is 4.79 Å². The molecule has 98 valence electrons. The van der Waals surface area contributed by atoms with E-state index in [1.165, 1.54) is 12.4 Å². The number of nitrogens with two attached hydrogens (primary N) is 1. The highest BCUT2D eigenvalue weighted by molar-refractivity contribution is 6.04. The average Bonchev–Trinajstić information content (AvgIpc) is 2.45. The van der Waals surface area contributed by atoms with Crippen molar-refractivity contribution in [3.8, 4) is 0 Å². The van der Waals surface area contributed by atoms with Crippen molar-refractivity contribution in [1.82, 2.24) is 9.97 Å². The van der Waals surface area contributed by atoms with Crippen LogP contribution in [0.5, 0.6) is 0 Å². The van der Waals surface area contributed by atoms with Gasteiger partial charge >= 0.3 is 0 Å². The van der Waals surface area contributed by atoms with E-state index in [0.29, 0.717) is 17.9 Å². The predicted octanol–water partition coefficient (Wildman–Crippen LogP) is 2.12. The highest BCUT2D eigenvalue weighted by Gasteiger charge is 2.18. The molecule has 1 heterocycles. The van der Waals surface area contributed by atoms with Gasteiger partial charge in [-0.2, -0.15) is 0 Å². The van der Waals surface area contributed by atoms with Crippen molar-refractivity contribution in [1.29, 1.82) is 0 Å². The highest BCUT2D eigenvalue weighted by Crippen LogP contribution is 2.19. The van der Waals surface area contributed by atoms with Crippen LogP contribution in [-0.2, 0) is 0 Å². The molecular formula is C14H16N4O. The Bertz CT molecular complexity index is 556. The molecule has 0 spiro atoms. The van der Waals surface area contributed by atoms with Gasteiger partial charge in [0, 0.05) is 30.3 Å². The van der Waals surface area contributed by atoms with E-state index in [-0.39, 0.29) is 5.91 Å². The molecule has 1 aromatic heterocycles. The molecule has 0 saturated carbocycles. The molecule has 5 heteroatoms. The van der Waals surface area contributed by atoms with Crippen LogP contribution >= 0.6 is 0 Å². The fourth-order valence-corrected chi connectivity index (χ4v) is 1.81. The summed E-state index contributed by atoms with van der Waals surface area (Å²) < 4.78 is 0. The van der Waals surface area contributed by atoms with E-state index >= 15 is 0 Å².